The minimum atomic E-state index is -0.133. The minimum absolute atomic E-state index is 0.133. The monoisotopic (exact) mass is 269 g/mol. The van der Waals surface area contributed by atoms with Gasteiger partial charge in [-0.15, -0.1) is 0 Å². The summed E-state index contributed by atoms with van der Waals surface area (Å²) in [4.78, 5) is 0. The van der Waals surface area contributed by atoms with Gasteiger partial charge in [0.05, 0.1) is 13.2 Å². The number of methoxy groups -OCH3 is 1. The highest BCUT2D eigenvalue weighted by molar-refractivity contribution is 5.23. The van der Waals surface area contributed by atoms with Crippen molar-refractivity contribution < 1.29 is 13.9 Å². The van der Waals surface area contributed by atoms with Gasteiger partial charge in [0.15, 0.2) is 0 Å². The molecule has 108 valence electrons. The van der Waals surface area contributed by atoms with E-state index < -0.39 is 0 Å². The normalized spacial score (nSPS) is 10.9. The SMILES string of the molecule is COCCOCCCCNCc1ccc(C)c(F)c1. The van der Waals surface area contributed by atoms with Crippen molar-refractivity contribution in [3.63, 3.8) is 0 Å². The van der Waals surface area contributed by atoms with Crippen LogP contribution in [0.15, 0.2) is 18.2 Å². The van der Waals surface area contributed by atoms with E-state index in [0.717, 1.165) is 31.6 Å². The maximum atomic E-state index is 13.3. The third kappa shape index (κ3) is 7.25. The summed E-state index contributed by atoms with van der Waals surface area (Å²) in [5.41, 5.74) is 1.68. The van der Waals surface area contributed by atoms with Gasteiger partial charge >= 0.3 is 0 Å². The lowest BCUT2D eigenvalue weighted by molar-refractivity contribution is 0.0688. The highest BCUT2D eigenvalue weighted by Crippen LogP contribution is 2.08. The number of unbranched alkanes of at least 4 members (excludes halogenated alkanes) is 1. The van der Waals surface area contributed by atoms with Gasteiger partial charge < -0.3 is 14.8 Å². The molecule has 0 aliphatic carbocycles. The molecule has 1 rings (SSSR count). The molecule has 1 aromatic rings. The summed E-state index contributed by atoms with van der Waals surface area (Å²) in [6.07, 6.45) is 2.08. The fraction of sp³-hybridized carbons (Fsp3) is 0.600. The second kappa shape index (κ2) is 9.89. The molecule has 0 heterocycles. The molecule has 0 amide bonds. The van der Waals surface area contributed by atoms with Gasteiger partial charge in [-0.25, -0.2) is 4.39 Å². The number of hydrogen-bond donors (Lipinski definition) is 1. The number of nitrogens with one attached hydrogen (secondary N) is 1. The van der Waals surface area contributed by atoms with Crippen LogP contribution in [0.3, 0.4) is 0 Å². The molecule has 1 N–H and O–H groups in total. The average molecular weight is 269 g/mol. The predicted molar refractivity (Wildman–Crippen MR) is 74.8 cm³/mol. The molecule has 1 aromatic carbocycles. The predicted octanol–water partition coefficient (Wildman–Crippen LogP) is 2.67. The van der Waals surface area contributed by atoms with Crippen LogP contribution in [0.1, 0.15) is 24.0 Å². The molecule has 0 bridgehead atoms. The molecular weight excluding hydrogens is 245 g/mol. The molecule has 0 aromatic heterocycles. The molecule has 0 aliphatic heterocycles. The van der Waals surface area contributed by atoms with Gasteiger partial charge in [-0.1, -0.05) is 12.1 Å². The Morgan fingerprint density at radius 2 is 2.00 bits per heavy atom. The van der Waals surface area contributed by atoms with Crippen molar-refractivity contribution in [2.24, 2.45) is 0 Å². The molecule has 0 aliphatic rings. The molecule has 0 atom stereocenters. The van der Waals surface area contributed by atoms with Crippen LogP contribution in [0, 0.1) is 12.7 Å². The van der Waals surface area contributed by atoms with Gasteiger partial charge in [0.1, 0.15) is 5.82 Å². The molecule has 19 heavy (non-hydrogen) atoms. The van der Waals surface area contributed by atoms with Crippen LogP contribution in [0.4, 0.5) is 4.39 Å². The van der Waals surface area contributed by atoms with Crippen LogP contribution in [-0.2, 0) is 16.0 Å². The molecule has 0 fully saturated rings. The molecular formula is C15H24FNO2. The lowest BCUT2D eigenvalue weighted by Gasteiger charge is -2.06. The minimum Gasteiger partial charge on any atom is -0.382 e. The summed E-state index contributed by atoms with van der Waals surface area (Å²) in [5.74, 6) is -0.133. The summed E-state index contributed by atoms with van der Waals surface area (Å²) < 4.78 is 23.6. The maximum Gasteiger partial charge on any atom is 0.126 e. The summed E-state index contributed by atoms with van der Waals surface area (Å²) in [6.45, 7) is 5.48. The van der Waals surface area contributed by atoms with Crippen molar-refractivity contribution in [1.82, 2.24) is 5.32 Å². The zero-order valence-electron chi connectivity index (χ0n) is 11.9. The smallest absolute Gasteiger partial charge is 0.126 e. The Bertz CT molecular complexity index is 358. The van der Waals surface area contributed by atoms with Gasteiger partial charge in [0.2, 0.25) is 0 Å². The van der Waals surface area contributed by atoms with Crippen LogP contribution in [-0.4, -0.2) is 33.5 Å². The number of aryl methyl sites for hydroxylation is 1. The van der Waals surface area contributed by atoms with Crippen molar-refractivity contribution >= 4 is 0 Å². The quantitative estimate of drug-likeness (QED) is 0.662. The highest BCUT2D eigenvalue weighted by atomic mass is 19.1. The lowest BCUT2D eigenvalue weighted by atomic mass is 10.1. The molecule has 0 radical (unpaired) electrons. The van der Waals surface area contributed by atoms with Gasteiger partial charge in [-0.2, -0.15) is 0 Å². The van der Waals surface area contributed by atoms with Crippen LogP contribution < -0.4 is 5.32 Å². The number of hydrogen-bond acceptors (Lipinski definition) is 3. The molecule has 0 saturated heterocycles. The van der Waals surface area contributed by atoms with Crippen molar-refractivity contribution in [1.29, 1.82) is 0 Å². The summed E-state index contributed by atoms with van der Waals surface area (Å²) in [7, 11) is 1.67. The number of rotatable bonds is 10. The Morgan fingerprint density at radius 1 is 1.16 bits per heavy atom. The second-order valence-corrected chi connectivity index (χ2v) is 4.57. The van der Waals surface area contributed by atoms with Crippen molar-refractivity contribution in [2.75, 3.05) is 33.5 Å². The van der Waals surface area contributed by atoms with E-state index in [4.69, 9.17) is 9.47 Å². The first-order valence-corrected chi connectivity index (χ1v) is 6.76. The van der Waals surface area contributed by atoms with Gasteiger partial charge in [-0.05, 0) is 43.5 Å². The van der Waals surface area contributed by atoms with Crippen LogP contribution in [0.2, 0.25) is 0 Å². The fourth-order valence-corrected chi connectivity index (χ4v) is 1.68. The van der Waals surface area contributed by atoms with Crippen LogP contribution in [0.25, 0.3) is 0 Å². The highest BCUT2D eigenvalue weighted by Gasteiger charge is 1.99. The van der Waals surface area contributed by atoms with Gasteiger partial charge in [0, 0.05) is 20.3 Å². The van der Waals surface area contributed by atoms with E-state index in [2.05, 4.69) is 5.32 Å². The zero-order valence-corrected chi connectivity index (χ0v) is 11.9. The largest absolute Gasteiger partial charge is 0.382 e. The van der Waals surface area contributed by atoms with Crippen molar-refractivity contribution in [3.8, 4) is 0 Å². The summed E-state index contributed by atoms with van der Waals surface area (Å²) in [6, 6.07) is 5.37. The van der Waals surface area contributed by atoms with E-state index in [1.54, 1.807) is 20.1 Å². The first kappa shape index (κ1) is 16.1. The third-order valence-corrected chi connectivity index (χ3v) is 2.89. The van der Waals surface area contributed by atoms with Crippen LogP contribution >= 0.6 is 0 Å². The Morgan fingerprint density at radius 3 is 2.74 bits per heavy atom. The van der Waals surface area contributed by atoms with E-state index in [9.17, 15) is 4.39 Å². The van der Waals surface area contributed by atoms with Crippen molar-refractivity contribution in [3.05, 3.63) is 35.1 Å². The van der Waals surface area contributed by atoms with Crippen molar-refractivity contribution in [2.45, 2.75) is 26.3 Å². The first-order valence-electron chi connectivity index (χ1n) is 6.76. The standard InChI is InChI=1S/C15H24FNO2/c1-13-5-6-14(11-15(13)16)12-17-7-3-4-8-19-10-9-18-2/h5-6,11,17H,3-4,7-10,12H2,1-2H3. The Balaban J connectivity index is 2.00. The lowest BCUT2D eigenvalue weighted by Crippen LogP contribution is -2.15. The second-order valence-electron chi connectivity index (χ2n) is 4.57. The number of benzene rings is 1. The Labute approximate surface area is 115 Å². The Kier molecular flexibility index (Phi) is 8.38. The molecule has 0 saturated carbocycles. The van der Waals surface area contributed by atoms with E-state index >= 15 is 0 Å². The summed E-state index contributed by atoms with van der Waals surface area (Å²) >= 11 is 0. The van der Waals surface area contributed by atoms with Gasteiger partial charge in [0.25, 0.3) is 0 Å². The third-order valence-electron chi connectivity index (χ3n) is 2.89. The number of halogens is 1. The van der Waals surface area contributed by atoms with Crippen LogP contribution in [0.5, 0.6) is 0 Å². The van der Waals surface area contributed by atoms with E-state index in [1.807, 2.05) is 12.1 Å². The first-order chi connectivity index (χ1) is 9.24. The fourth-order valence-electron chi connectivity index (χ4n) is 1.68. The zero-order chi connectivity index (χ0) is 13.9. The van der Waals surface area contributed by atoms with Gasteiger partial charge in [-0.3, -0.25) is 0 Å². The van der Waals surface area contributed by atoms with E-state index in [0.29, 0.717) is 25.3 Å². The maximum absolute atomic E-state index is 13.3. The molecule has 3 nitrogen and oxygen atoms in total. The molecule has 4 heteroatoms. The van der Waals surface area contributed by atoms with E-state index in [1.165, 1.54) is 0 Å². The number of ether oxygens (including phenoxy) is 2. The Hall–Kier alpha value is -0.970. The molecule has 0 unspecified atom stereocenters. The average Bonchev–Trinajstić information content (AvgIpc) is 2.41. The molecule has 0 spiro atoms. The topological polar surface area (TPSA) is 30.5 Å². The summed E-state index contributed by atoms with van der Waals surface area (Å²) in [5, 5.41) is 3.30. The van der Waals surface area contributed by atoms with E-state index in [-0.39, 0.29) is 5.82 Å².